The van der Waals surface area contributed by atoms with E-state index in [4.69, 9.17) is 11.6 Å². The molecule has 3 aromatic heterocycles. The summed E-state index contributed by atoms with van der Waals surface area (Å²) in [6.45, 7) is 0. The van der Waals surface area contributed by atoms with Gasteiger partial charge in [0.15, 0.2) is 11.6 Å². The molecule has 9 heteroatoms. The van der Waals surface area contributed by atoms with Crippen LogP contribution < -0.4 is 10.6 Å². The molecule has 5 rings (SSSR count). The monoisotopic (exact) mass is 384 g/mol. The summed E-state index contributed by atoms with van der Waals surface area (Å²) in [7, 11) is 0. The Balaban J connectivity index is 1.70. The van der Waals surface area contributed by atoms with E-state index < -0.39 is 5.82 Å². The molecule has 136 valence electrons. The van der Waals surface area contributed by atoms with Gasteiger partial charge in [0.25, 0.3) is 0 Å². The molecule has 4 aromatic rings. The molecule has 0 atom stereocenters. The summed E-state index contributed by atoms with van der Waals surface area (Å²) in [6, 6.07) is 3.87. The van der Waals surface area contributed by atoms with Crippen LogP contribution in [0.5, 0.6) is 0 Å². The first kappa shape index (κ1) is 16.1. The molecule has 0 saturated heterocycles. The number of carbonyl (C=O) groups is 1. The van der Waals surface area contributed by atoms with Crippen molar-refractivity contribution in [1.29, 1.82) is 0 Å². The minimum atomic E-state index is -0.496. The largest absolute Gasteiger partial charge is 0.378 e. The van der Waals surface area contributed by atoms with Crippen LogP contribution in [0, 0.1) is 5.82 Å². The highest BCUT2D eigenvalue weighted by Crippen LogP contribution is 2.42. The molecule has 1 aliphatic carbocycles. The molecule has 0 unspecified atom stereocenters. The van der Waals surface area contributed by atoms with E-state index in [-0.39, 0.29) is 11.1 Å². The number of fused-ring (bicyclic) bond motifs is 2. The Morgan fingerprint density at radius 1 is 1.33 bits per heavy atom. The highest BCUT2D eigenvalue weighted by molar-refractivity contribution is 6.36. The van der Waals surface area contributed by atoms with Crippen LogP contribution in [-0.2, 0) is 4.79 Å². The number of rotatable bonds is 5. The summed E-state index contributed by atoms with van der Waals surface area (Å²) in [6.07, 6.45) is 7.71. The molecule has 3 heterocycles. The van der Waals surface area contributed by atoms with Gasteiger partial charge in [0.2, 0.25) is 6.41 Å². The zero-order valence-corrected chi connectivity index (χ0v) is 14.7. The number of imidazole rings is 1. The maximum atomic E-state index is 15.1. The summed E-state index contributed by atoms with van der Waals surface area (Å²) in [5.41, 5.74) is 2.87. The van der Waals surface area contributed by atoms with Gasteiger partial charge in [-0.25, -0.2) is 9.37 Å². The van der Waals surface area contributed by atoms with Crippen molar-refractivity contribution in [3.8, 4) is 11.1 Å². The van der Waals surface area contributed by atoms with Crippen molar-refractivity contribution in [3.05, 3.63) is 41.6 Å². The predicted octanol–water partition coefficient (Wildman–Crippen LogP) is 3.81. The summed E-state index contributed by atoms with van der Waals surface area (Å²) >= 11 is 6.44. The lowest BCUT2D eigenvalue weighted by Crippen LogP contribution is -2.05. The van der Waals surface area contributed by atoms with E-state index in [1.165, 1.54) is 0 Å². The van der Waals surface area contributed by atoms with Gasteiger partial charge in [0, 0.05) is 28.8 Å². The van der Waals surface area contributed by atoms with E-state index >= 15 is 4.39 Å². The Bertz CT molecular complexity index is 1200. The SMILES string of the molecule is O=CNc1cn2cc(-c3c(Cl)c(F)c(NC4CC4)c4[nH]ncc34)ccc2n1. The quantitative estimate of drug-likeness (QED) is 0.456. The summed E-state index contributed by atoms with van der Waals surface area (Å²) in [5, 5.41) is 13.4. The molecule has 1 saturated carbocycles. The highest BCUT2D eigenvalue weighted by Gasteiger charge is 2.27. The standard InChI is InChI=1S/C18H14ClFN6O/c19-15-14(9-1-4-13-24-12(21-8-27)7-26(13)6-9)11-5-22-25-17(11)18(16(15)20)23-10-2-3-10/h1,4-8,10,23H,2-3H2,(H,21,27)(H,22,25). The number of halogens is 2. The van der Waals surface area contributed by atoms with Gasteiger partial charge in [-0.15, -0.1) is 0 Å². The van der Waals surface area contributed by atoms with E-state index in [2.05, 4.69) is 25.8 Å². The third kappa shape index (κ3) is 2.60. The number of nitrogens with one attached hydrogen (secondary N) is 3. The van der Waals surface area contributed by atoms with Crippen LogP contribution in [0.3, 0.4) is 0 Å². The van der Waals surface area contributed by atoms with Crippen molar-refractivity contribution in [2.45, 2.75) is 18.9 Å². The second-order valence-electron chi connectivity index (χ2n) is 6.53. The minimum Gasteiger partial charge on any atom is -0.378 e. The Labute approximate surface area is 157 Å². The molecular formula is C18H14ClFN6O. The van der Waals surface area contributed by atoms with Gasteiger partial charge in [0.1, 0.15) is 5.65 Å². The van der Waals surface area contributed by atoms with Crippen LogP contribution in [0.2, 0.25) is 5.02 Å². The summed E-state index contributed by atoms with van der Waals surface area (Å²) < 4.78 is 16.8. The van der Waals surface area contributed by atoms with Crippen molar-refractivity contribution < 1.29 is 9.18 Å². The van der Waals surface area contributed by atoms with Crippen LogP contribution in [0.15, 0.2) is 30.7 Å². The van der Waals surface area contributed by atoms with E-state index in [0.29, 0.717) is 40.2 Å². The molecule has 0 aliphatic heterocycles. The average molecular weight is 385 g/mol. The van der Waals surface area contributed by atoms with Gasteiger partial charge in [-0.1, -0.05) is 11.6 Å². The van der Waals surface area contributed by atoms with Crippen molar-refractivity contribution in [1.82, 2.24) is 19.6 Å². The molecule has 0 radical (unpaired) electrons. The highest BCUT2D eigenvalue weighted by atomic mass is 35.5. The third-order valence-corrected chi connectivity index (χ3v) is 5.02. The van der Waals surface area contributed by atoms with Gasteiger partial charge in [-0.3, -0.25) is 9.89 Å². The number of pyridine rings is 1. The Kier molecular flexibility index (Phi) is 3.54. The number of anilines is 2. The Morgan fingerprint density at radius 3 is 2.96 bits per heavy atom. The van der Waals surface area contributed by atoms with Crippen LogP contribution >= 0.6 is 11.6 Å². The van der Waals surface area contributed by atoms with Crippen molar-refractivity contribution in [2.75, 3.05) is 10.6 Å². The molecule has 1 aromatic carbocycles. The van der Waals surface area contributed by atoms with Crippen molar-refractivity contribution >= 4 is 46.1 Å². The molecular weight excluding hydrogens is 371 g/mol. The van der Waals surface area contributed by atoms with Crippen molar-refractivity contribution in [3.63, 3.8) is 0 Å². The van der Waals surface area contributed by atoms with Crippen LogP contribution in [0.1, 0.15) is 12.8 Å². The smallest absolute Gasteiger partial charge is 0.212 e. The number of aromatic amines is 1. The van der Waals surface area contributed by atoms with Gasteiger partial charge < -0.3 is 15.0 Å². The predicted molar refractivity (Wildman–Crippen MR) is 102 cm³/mol. The third-order valence-electron chi connectivity index (χ3n) is 4.66. The summed E-state index contributed by atoms with van der Waals surface area (Å²) in [5.74, 6) is -0.0683. The fourth-order valence-corrected chi connectivity index (χ4v) is 3.54. The fraction of sp³-hybridized carbons (Fsp3) is 0.167. The van der Waals surface area contributed by atoms with E-state index in [1.807, 2.05) is 6.07 Å². The number of aromatic nitrogens is 4. The average Bonchev–Trinajstić information content (AvgIpc) is 3.19. The van der Waals surface area contributed by atoms with Crippen LogP contribution in [0.4, 0.5) is 15.9 Å². The van der Waals surface area contributed by atoms with Crippen molar-refractivity contribution in [2.24, 2.45) is 0 Å². The number of hydrogen-bond donors (Lipinski definition) is 3. The fourth-order valence-electron chi connectivity index (χ4n) is 3.23. The zero-order chi connectivity index (χ0) is 18.5. The second-order valence-corrected chi connectivity index (χ2v) is 6.90. The molecule has 1 aliphatic rings. The first-order valence-electron chi connectivity index (χ1n) is 8.45. The molecule has 0 spiro atoms. The Morgan fingerprint density at radius 2 is 2.19 bits per heavy atom. The summed E-state index contributed by atoms with van der Waals surface area (Å²) in [4.78, 5) is 14.9. The maximum Gasteiger partial charge on any atom is 0.212 e. The van der Waals surface area contributed by atoms with Crippen LogP contribution in [0.25, 0.3) is 27.7 Å². The molecule has 27 heavy (non-hydrogen) atoms. The molecule has 0 bridgehead atoms. The topological polar surface area (TPSA) is 87.1 Å². The number of amides is 1. The van der Waals surface area contributed by atoms with Gasteiger partial charge in [-0.05, 0) is 25.0 Å². The maximum absolute atomic E-state index is 15.1. The zero-order valence-electron chi connectivity index (χ0n) is 14.0. The van der Waals surface area contributed by atoms with Crippen LogP contribution in [-0.4, -0.2) is 32.0 Å². The lowest BCUT2D eigenvalue weighted by atomic mass is 10.0. The van der Waals surface area contributed by atoms with Gasteiger partial charge in [0.05, 0.1) is 28.6 Å². The normalized spacial score (nSPS) is 14.0. The number of H-pyrrole nitrogens is 1. The van der Waals surface area contributed by atoms with E-state index in [0.717, 1.165) is 18.2 Å². The Hall–Kier alpha value is -3.13. The first-order chi connectivity index (χ1) is 13.2. The van der Waals surface area contributed by atoms with Gasteiger partial charge in [-0.2, -0.15) is 5.10 Å². The number of nitrogens with zero attached hydrogens (tertiary/aromatic N) is 3. The molecule has 1 amide bonds. The van der Waals surface area contributed by atoms with Gasteiger partial charge >= 0.3 is 0 Å². The number of benzene rings is 1. The molecule has 7 nitrogen and oxygen atoms in total. The minimum absolute atomic E-state index is 0.0396. The molecule has 1 fully saturated rings. The lowest BCUT2D eigenvalue weighted by Gasteiger charge is -2.14. The van der Waals surface area contributed by atoms with E-state index in [9.17, 15) is 4.79 Å². The lowest BCUT2D eigenvalue weighted by molar-refractivity contribution is -0.105. The number of hydrogen-bond acceptors (Lipinski definition) is 4. The second kappa shape index (κ2) is 5.95. The number of carbonyl (C=O) groups excluding carboxylic acids is 1. The van der Waals surface area contributed by atoms with E-state index in [1.54, 1.807) is 29.1 Å². The molecule has 3 N–H and O–H groups in total. The first-order valence-corrected chi connectivity index (χ1v) is 8.83.